The fourth-order valence-electron chi connectivity index (χ4n) is 2.03. The molecule has 6 nitrogen and oxygen atoms in total. The second kappa shape index (κ2) is 5.65. The van der Waals surface area contributed by atoms with Gasteiger partial charge in [0.05, 0.1) is 6.20 Å². The fraction of sp³-hybridized carbons (Fsp3) is 0.417. The molecule has 20 heavy (non-hydrogen) atoms. The Morgan fingerprint density at radius 1 is 1.50 bits per heavy atom. The predicted molar refractivity (Wildman–Crippen MR) is 78.8 cm³/mol. The molecule has 2 heterocycles. The Morgan fingerprint density at radius 2 is 2.20 bits per heavy atom. The number of rotatable bonds is 5. The van der Waals surface area contributed by atoms with Crippen LogP contribution in [0.2, 0.25) is 0 Å². The topological polar surface area (TPSA) is 81.2 Å². The van der Waals surface area contributed by atoms with Gasteiger partial charge in [0.25, 0.3) is 0 Å². The average Bonchev–Trinajstić information content (AvgIpc) is 2.95. The van der Waals surface area contributed by atoms with E-state index in [0.717, 1.165) is 11.1 Å². The van der Waals surface area contributed by atoms with Crippen LogP contribution < -0.4 is 5.73 Å². The Morgan fingerprint density at radius 3 is 2.75 bits per heavy atom. The number of nitrogens with zero attached hydrogens (tertiary/aromatic N) is 3. The van der Waals surface area contributed by atoms with E-state index in [9.17, 15) is 8.42 Å². The van der Waals surface area contributed by atoms with E-state index in [1.165, 1.54) is 15.6 Å². The van der Waals surface area contributed by atoms with Crippen LogP contribution in [0.1, 0.15) is 16.0 Å². The first-order valence-electron chi connectivity index (χ1n) is 6.07. The standard InChI is InChI=1S/C12H18N4O2S2/c1-9-8-19-11(4-13)12(9)20(17,18)16(3)7-10-5-14-15(2)6-10/h5-6,8H,4,7,13H2,1-3H3. The smallest absolute Gasteiger partial charge is 0.244 e. The third-order valence-electron chi connectivity index (χ3n) is 3.01. The third-order valence-corrected chi connectivity index (χ3v) is 6.30. The van der Waals surface area contributed by atoms with Crippen LogP contribution in [0.4, 0.5) is 0 Å². The lowest BCUT2D eigenvalue weighted by atomic mass is 10.3. The molecule has 2 N–H and O–H groups in total. The molecule has 0 radical (unpaired) electrons. The summed E-state index contributed by atoms with van der Waals surface area (Å²) in [4.78, 5) is 1.04. The van der Waals surface area contributed by atoms with Crippen molar-refractivity contribution in [1.82, 2.24) is 14.1 Å². The van der Waals surface area contributed by atoms with Gasteiger partial charge in [-0.05, 0) is 17.9 Å². The minimum Gasteiger partial charge on any atom is -0.326 e. The number of thiophene rings is 1. The lowest BCUT2D eigenvalue weighted by Crippen LogP contribution is -2.27. The molecule has 8 heteroatoms. The molecule has 0 saturated carbocycles. The van der Waals surface area contributed by atoms with Gasteiger partial charge >= 0.3 is 0 Å². The highest BCUT2D eigenvalue weighted by atomic mass is 32.2. The largest absolute Gasteiger partial charge is 0.326 e. The Labute approximate surface area is 122 Å². The van der Waals surface area contributed by atoms with Crippen molar-refractivity contribution in [3.05, 3.63) is 33.8 Å². The molecule has 0 bridgehead atoms. The molecule has 0 spiro atoms. The molecular formula is C12H18N4O2S2. The van der Waals surface area contributed by atoms with Gasteiger partial charge in [-0.15, -0.1) is 11.3 Å². The van der Waals surface area contributed by atoms with Crippen molar-refractivity contribution in [3.8, 4) is 0 Å². The Bertz CT molecular complexity index is 703. The van der Waals surface area contributed by atoms with Gasteiger partial charge in [-0.1, -0.05) is 0 Å². The van der Waals surface area contributed by atoms with Gasteiger partial charge in [-0.25, -0.2) is 8.42 Å². The fourth-order valence-corrected chi connectivity index (χ4v) is 4.83. The molecule has 2 aromatic rings. The zero-order valence-corrected chi connectivity index (χ0v) is 13.3. The number of nitrogens with two attached hydrogens (primary N) is 1. The van der Waals surface area contributed by atoms with Crippen LogP contribution in [0.25, 0.3) is 0 Å². The molecule has 2 rings (SSSR count). The van der Waals surface area contributed by atoms with Crippen LogP contribution in [0, 0.1) is 6.92 Å². The predicted octanol–water partition coefficient (Wildman–Crippen LogP) is 1.07. The van der Waals surface area contributed by atoms with Gasteiger partial charge in [0, 0.05) is 43.8 Å². The van der Waals surface area contributed by atoms with E-state index >= 15 is 0 Å². The van der Waals surface area contributed by atoms with Crippen molar-refractivity contribution in [1.29, 1.82) is 0 Å². The van der Waals surface area contributed by atoms with Crippen LogP contribution in [0.3, 0.4) is 0 Å². The maximum atomic E-state index is 12.7. The van der Waals surface area contributed by atoms with Crippen molar-refractivity contribution in [2.24, 2.45) is 12.8 Å². The normalized spacial score (nSPS) is 12.2. The van der Waals surface area contributed by atoms with Crippen LogP contribution in [0.5, 0.6) is 0 Å². The Balaban J connectivity index is 2.32. The minimum absolute atomic E-state index is 0.230. The van der Waals surface area contributed by atoms with Gasteiger partial charge in [0.2, 0.25) is 10.0 Å². The summed E-state index contributed by atoms with van der Waals surface area (Å²) in [5.74, 6) is 0. The summed E-state index contributed by atoms with van der Waals surface area (Å²) < 4.78 is 28.3. The second-order valence-corrected chi connectivity index (χ2v) is 7.60. The Kier molecular flexibility index (Phi) is 4.28. The van der Waals surface area contributed by atoms with Crippen molar-refractivity contribution >= 4 is 21.4 Å². The van der Waals surface area contributed by atoms with Crippen molar-refractivity contribution in [3.63, 3.8) is 0 Å². The van der Waals surface area contributed by atoms with E-state index in [-0.39, 0.29) is 13.1 Å². The number of sulfonamides is 1. The van der Waals surface area contributed by atoms with E-state index in [0.29, 0.717) is 9.77 Å². The summed E-state index contributed by atoms with van der Waals surface area (Å²) in [6, 6.07) is 0. The van der Waals surface area contributed by atoms with Gasteiger partial charge in [-0.3, -0.25) is 4.68 Å². The number of hydrogen-bond donors (Lipinski definition) is 1. The quantitative estimate of drug-likeness (QED) is 0.895. The molecule has 0 aliphatic rings. The van der Waals surface area contributed by atoms with Crippen LogP contribution >= 0.6 is 11.3 Å². The maximum absolute atomic E-state index is 12.7. The maximum Gasteiger partial charge on any atom is 0.244 e. The number of aromatic nitrogens is 2. The molecule has 0 saturated heterocycles. The highest BCUT2D eigenvalue weighted by Crippen LogP contribution is 2.29. The van der Waals surface area contributed by atoms with Gasteiger partial charge in [0.1, 0.15) is 4.90 Å². The molecule has 0 aliphatic heterocycles. The highest BCUT2D eigenvalue weighted by molar-refractivity contribution is 7.89. The summed E-state index contributed by atoms with van der Waals surface area (Å²) in [5, 5.41) is 5.87. The van der Waals surface area contributed by atoms with E-state index in [2.05, 4.69) is 5.10 Å². The van der Waals surface area contributed by atoms with E-state index in [4.69, 9.17) is 5.73 Å². The molecule has 2 aromatic heterocycles. The summed E-state index contributed by atoms with van der Waals surface area (Å²) in [7, 11) is -0.163. The zero-order chi connectivity index (χ0) is 14.9. The Hall–Kier alpha value is -1.22. The number of hydrogen-bond acceptors (Lipinski definition) is 5. The van der Waals surface area contributed by atoms with Gasteiger partial charge < -0.3 is 5.73 Å². The van der Waals surface area contributed by atoms with Crippen LogP contribution in [-0.4, -0.2) is 29.6 Å². The van der Waals surface area contributed by atoms with E-state index < -0.39 is 10.0 Å². The van der Waals surface area contributed by atoms with Crippen molar-refractivity contribution in [2.45, 2.75) is 24.9 Å². The number of aryl methyl sites for hydroxylation is 2. The lowest BCUT2D eigenvalue weighted by molar-refractivity contribution is 0.466. The van der Waals surface area contributed by atoms with E-state index in [1.807, 2.05) is 5.38 Å². The van der Waals surface area contributed by atoms with Crippen molar-refractivity contribution in [2.75, 3.05) is 7.05 Å². The first kappa shape index (κ1) is 15.2. The van der Waals surface area contributed by atoms with Crippen LogP contribution in [-0.2, 0) is 30.2 Å². The second-order valence-electron chi connectivity index (χ2n) is 4.66. The molecule has 0 atom stereocenters. The summed E-state index contributed by atoms with van der Waals surface area (Å²) >= 11 is 1.38. The summed E-state index contributed by atoms with van der Waals surface area (Å²) in [6.07, 6.45) is 3.46. The molecule has 0 aromatic carbocycles. The van der Waals surface area contributed by atoms with Crippen LogP contribution in [0.15, 0.2) is 22.7 Å². The molecular weight excluding hydrogens is 296 g/mol. The average molecular weight is 314 g/mol. The molecule has 0 amide bonds. The molecule has 0 unspecified atom stereocenters. The molecule has 0 fully saturated rings. The summed E-state index contributed by atoms with van der Waals surface area (Å²) in [5.41, 5.74) is 7.22. The minimum atomic E-state index is -3.53. The van der Waals surface area contributed by atoms with E-state index in [1.54, 1.807) is 38.1 Å². The van der Waals surface area contributed by atoms with Gasteiger partial charge in [-0.2, -0.15) is 9.40 Å². The molecule has 110 valence electrons. The zero-order valence-electron chi connectivity index (χ0n) is 11.7. The summed E-state index contributed by atoms with van der Waals surface area (Å²) in [6.45, 7) is 2.31. The highest BCUT2D eigenvalue weighted by Gasteiger charge is 2.27. The third kappa shape index (κ3) is 2.78. The van der Waals surface area contributed by atoms with Crippen molar-refractivity contribution < 1.29 is 8.42 Å². The first-order chi connectivity index (χ1) is 9.36. The monoisotopic (exact) mass is 314 g/mol. The molecule has 0 aliphatic carbocycles. The lowest BCUT2D eigenvalue weighted by Gasteiger charge is -2.17. The SMILES string of the molecule is Cc1csc(CN)c1S(=O)(=O)N(C)Cc1cnn(C)c1. The first-order valence-corrected chi connectivity index (χ1v) is 8.39. The van der Waals surface area contributed by atoms with Gasteiger partial charge in [0.15, 0.2) is 0 Å².